The van der Waals surface area contributed by atoms with Crippen LogP contribution in [-0.4, -0.2) is 43.2 Å². The molecular weight excluding hydrogens is 462 g/mol. The first-order valence-corrected chi connectivity index (χ1v) is 11.8. The van der Waals surface area contributed by atoms with Gasteiger partial charge >= 0.3 is 0 Å². The van der Waals surface area contributed by atoms with Crippen LogP contribution in [0.3, 0.4) is 0 Å². The summed E-state index contributed by atoms with van der Waals surface area (Å²) in [5, 5.41) is 14.8. The number of benzene rings is 3. The molecule has 1 saturated heterocycles. The molecule has 7 nitrogen and oxygen atoms in total. The lowest BCUT2D eigenvalue weighted by Crippen LogP contribution is -2.44. The third-order valence-electron chi connectivity index (χ3n) is 5.76. The smallest absolute Gasteiger partial charge is 0.293 e. The van der Waals surface area contributed by atoms with E-state index in [1.807, 2.05) is 53.4 Å². The second-order valence-electron chi connectivity index (χ2n) is 8.04. The highest BCUT2D eigenvalue weighted by Crippen LogP contribution is 2.27. The van der Waals surface area contributed by atoms with Gasteiger partial charge in [-0.3, -0.25) is 4.79 Å². The number of piperazine rings is 1. The Morgan fingerprint density at radius 2 is 1.74 bits per heavy atom. The molecule has 0 unspecified atom stereocenters. The van der Waals surface area contributed by atoms with Crippen LogP contribution in [0.2, 0.25) is 5.02 Å². The number of allylic oxidation sites excluding steroid dienone is 1. The number of halogens is 1. The molecule has 3 aromatic carbocycles. The molecule has 0 spiro atoms. The number of rotatable bonds is 8. The molecule has 180 valence electrons. The van der Waals surface area contributed by atoms with Gasteiger partial charge in [0.1, 0.15) is 11.4 Å². The molecule has 3 aromatic rings. The van der Waals surface area contributed by atoms with Gasteiger partial charge in [0.25, 0.3) is 5.91 Å². The molecular formula is C27H28ClN5O2. The third kappa shape index (κ3) is 6.08. The van der Waals surface area contributed by atoms with Gasteiger partial charge in [-0.25, -0.2) is 0 Å². The molecule has 0 bridgehead atoms. The van der Waals surface area contributed by atoms with E-state index in [9.17, 15) is 4.79 Å². The van der Waals surface area contributed by atoms with Crippen molar-refractivity contribution in [3.8, 4) is 16.9 Å². The predicted molar refractivity (Wildman–Crippen MR) is 141 cm³/mol. The van der Waals surface area contributed by atoms with Gasteiger partial charge in [-0.2, -0.15) is 0 Å². The molecule has 1 aliphatic rings. The number of amides is 1. The van der Waals surface area contributed by atoms with Gasteiger partial charge in [0.15, 0.2) is 0 Å². The quantitative estimate of drug-likeness (QED) is 0.215. The van der Waals surface area contributed by atoms with Crippen molar-refractivity contribution >= 4 is 29.4 Å². The Balaban J connectivity index is 1.64. The molecule has 0 aromatic heterocycles. The van der Waals surface area contributed by atoms with E-state index in [4.69, 9.17) is 27.5 Å². The number of nitrogens with zero attached hydrogens (tertiary/aromatic N) is 1. The molecule has 5 N–H and O–H groups in total. The van der Waals surface area contributed by atoms with E-state index in [2.05, 4.69) is 10.6 Å². The van der Waals surface area contributed by atoms with Crippen molar-refractivity contribution in [2.24, 2.45) is 5.73 Å². The maximum absolute atomic E-state index is 13.3. The summed E-state index contributed by atoms with van der Waals surface area (Å²) >= 11 is 5.97. The average molecular weight is 490 g/mol. The number of hydrogen-bond donors (Lipinski definition) is 4. The molecule has 0 aliphatic carbocycles. The van der Waals surface area contributed by atoms with Crippen LogP contribution in [0.4, 0.5) is 5.69 Å². The molecule has 1 heterocycles. The van der Waals surface area contributed by atoms with Crippen molar-refractivity contribution in [3.63, 3.8) is 0 Å². The predicted octanol–water partition coefficient (Wildman–Crippen LogP) is 4.25. The lowest BCUT2D eigenvalue weighted by Gasteiger charge is -2.30. The van der Waals surface area contributed by atoms with Crippen LogP contribution in [0, 0.1) is 5.41 Å². The summed E-state index contributed by atoms with van der Waals surface area (Å²) in [4.78, 5) is 15.3. The highest BCUT2D eigenvalue weighted by atomic mass is 35.5. The van der Waals surface area contributed by atoms with Crippen molar-refractivity contribution < 1.29 is 9.53 Å². The summed E-state index contributed by atoms with van der Waals surface area (Å²) in [7, 11) is 0. The van der Waals surface area contributed by atoms with E-state index >= 15 is 0 Å². The number of nitrogens with two attached hydrogens (primary N) is 1. The minimum Gasteiger partial charge on any atom is -0.449 e. The van der Waals surface area contributed by atoms with Gasteiger partial charge < -0.3 is 31.4 Å². The summed E-state index contributed by atoms with van der Waals surface area (Å²) in [5.74, 6) is 0.114. The van der Waals surface area contributed by atoms with Crippen LogP contribution in [-0.2, 0) is 11.3 Å². The zero-order valence-electron chi connectivity index (χ0n) is 19.3. The topological polar surface area (TPSA) is 103 Å². The summed E-state index contributed by atoms with van der Waals surface area (Å²) in [6, 6.07) is 22.3. The Bertz CT molecular complexity index is 1200. The van der Waals surface area contributed by atoms with Crippen molar-refractivity contribution in [3.05, 3.63) is 94.8 Å². The second kappa shape index (κ2) is 11.7. The maximum atomic E-state index is 13.3. The Labute approximate surface area is 210 Å². The standard InChI is InChI=1S/C27H28ClN5O2/c28-21-7-9-22(10-8-21)32-27(34)26(25(18-30)33-15-13-31-14-16-33)35-23-11-5-19(6-12-23)24-4-2-1-3-20(24)17-29/h1-12,18,30-31H,13-17,29H2,(H,32,34)/b26-25-,30-18?. The zero-order valence-corrected chi connectivity index (χ0v) is 20.0. The normalized spacial score (nSPS) is 14.2. The van der Waals surface area contributed by atoms with E-state index in [0.29, 0.717) is 41.8 Å². The van der Waals surface area contributed by atoms with Gasteiger partial charge in [0.2, 0.25) is 5.76 Å². The minimum absolute atomic E-state index is 0.0620. The Kier molecular flexibility index (Phi) is 8.15. The summed E-state index contributed by atoms with van der Waals surface area (Å²) in [5.41, 5.74) is 10.0. The average Bonchev–Trinajstić information content (AvgIpc) is 2.91. The van der Waals surface area contributed by atoms with Crippen LogP contribution in [0.5, 0.6) is 5.75 Å². The Morgan fingerprint density at radius 3 is 2.40 bits per heavy atom. The number of nitrogens with one attached hydrogen (secondary N) is 3. The van der Waals surface area contributed by atoms with Crippen molar-refractivity contribution in [2.75, 3.05) is 31.5 Å². The molecule has 8 heteroatoms. The van der Waals surface area contributed by atoms with Crippen LogP contribution in [0.15, 0.2) is 84.3 Å². The lowest BCUT2D eigenvalue weighted by molar-refractivity contribution is -0.115. The first kappa shape index (κ1) is 24.5. The van der Waals surface area contributed by atoms with Crippen LogP contribution in [0.25, 0.3) is 11.1 Å². The zero-order chi connectivity index (χ0) is 24.6. The lowest BCUT2D eigenvalue weighted by atomic mass is 10.00. The molecule has 0 saturated carbocycles. The van der Waals surface area contributed by atoms with Crippen LogP contribution < -0.4 is 21.1 Å². The largest absolute Gasteiger partial charge is 0.449 e. The van der Waals surface area contributed by atoms with E-state index in [0.717, 1.165) is 29.8 Å². The Hall–Kier alpha value is -3.65. The van der Waals surface area contributed by atoms with Crippen LogP contribution in [0.1, 0.15) is 5.56 Å². The molecule has 1 amide bonds. The van der Waals surface area contributed by atoms with E-state index < -0.39 is 5.91 Å². The monoisotopic (exact) mass is 489 g/mol. The van der Waals surface area contributed by atoms with Gasteiger partial charge in [-0.1, -0.05) is 48.0 Å². The van der Waals surface area contributed by atoms with Gasteiger partial charge in [-0.15, -0.1) is 0 Å². The van der Waals surface area contributed by atoms with Gasteiger partial charge in [-0.05, 0) is 53.1 Å². The van der Waals surface area contributed by atoms with Gasteiger partial charge in [0, 0.05) is 49.6 Å². The van der Waals surface area contributed by atoms with Crippen molar-refractivity contribution in [2.45, 2.75) is 6.54 Å². The fourth-order valence-electron chi connectivity index (χ4n) is 3.94. The highest BCUT2D eigenvalue weighted by molar-refractivity contribution is 6.30. The van der Waals surface area contributed by atoms with Crippen molar-refractivity contribution in [1.82, 2.24) is 10.2 Å². The van der Waals surface area contributed by atoms with E-state index in [-0.39, 0.29) is 5.76 Å². The Morgan fingerprint density at radius 1 is 1.06 bits per heavy atom. The molecule has 1 fully saturated rings. The summed E-state index contributed by atoms with van der Waals surface area (Å²) in [6.07, 6.45) is 1.17. The highest BCUT2D eigenvalue weighted by Gasteiger charge is 2.23. The second-order valence-corrected chi connectivity index (χ2v) is 8.48. The molecule has 0 radical (unpaired) electrons. The number of carbonyl (C=O) groups is 1. The minimum atomic E-state index is -0.443. The summed E-state index contributed by atoms with van der Waals surface area (Å²) in [6.45, 7) is 3.30. The fourth-order valence-corrected chi connectivity index (χ4v) is 4.07. The number of ether oxygens (including phenoxy) is 1. The van der Waals surface area contributed by atoms with E-state index in [1.54, 1.807) is 24.3 Å². The number of carbonyl (C=O) groups excluding carboxylic acids is 1. The first-order chi connectivity index (χ1) is 17.1. The fraction of sp³-hybridized carbons (Fsp3) is 0.185. The SMILES string of the molecule is N=C/C(=C(/Oc1ccc(-c2ccccc2CN)cc1)C(=O)Nc1ccc(Cl)cc1)N1CCNCC1. The van der Waals surface area contributed by atoms with Crippen LogP contribution >= 0.6 is 11.6 Å². The summed E-state index contributed by atoms with van der Waals surface area (Å²) < 4.78 is 6.13. The molecule has 4 rings (SSSR count). The molecule has 1 aliphatic heterocycles. The number of anilines is 1. The molecule has 35 heavy (non-hydrogen) atoms. The maximum Gasteiger partial charge on any atom is 0.293 e. The first-order valence-electron chi connectivity index (χ1n) is 11.4. The van der Waals surface area contributed by atoms with Crippen molar-refractivity contribution in [1.29, 1.82) is 5.41 Å². The van der Waals surface area contributed by atoms with E-state index in [1.165, 1.54) is 6.21 Å². The number of hydrogen-bond acceptors (Lipinski definition) is 6. The molecule has 0 atom stereocenters. The third-order valence-corrected chi connectivity index (χ3v) is 6.01. The van der Waals surface area contributed by atoms with Gasteiger partial charge in [0.05, 0.1) is 0 Å².